The van der Waals surface area contributed by atoms with Gasteiger partial charge in [0.2, 0.25) is 0 Å². The van der Waals surface area contributed by atoms with Gasteiger partial charge in [-0.1, -0.05) is 18.5 Å². The van der Waals surface area contributed by atoms with Crippen LogP contribution in [0.1, 0.15) is 24.4 Å². The van der Waals surface area contributed by atoms with Crippen molar-refractivity contribution in [3.63, 3.8) is 0 Å². The third kappa shape index (κ3) is 2.51. The smallest absolute Gasteiger partial charge is 0.145 e. The normalized spacial score (nSPS) is 12.4. The predicted molar refractivity (Wildman–Crippen MR) is 68.0 cm³/mol. The van der Waals surface area contributed by atoms with Crippen LogP contribution >= 0.6 is 22.9 Å². The van der Waals surface area contributed by atoms with Gasteiger partial charge in [-0.2, -0.15) is 0 Å². The molecule has 0 aliphatic rings. The summed E-state index contributed by atoms with van der Waals surface area (Å²) in [4.78, 5) is 8.51. The number of hydrogen-bond acceptors (Lipinski definition) is 4. The largest absolute Gasteiger partial charge is 0.360 e. The van der Waals surface area contributed by atoms with Crippen molar-refractivity contribution < 1.29 is 0 Å². The Morgan fingerprint density at radius 3 is 2.94 bits per heavy atom. The first kappa shape index (κ1) is 11.4. The van der Waals surface area contributed by atoms with E-state index in [1.54, 1.807) is 17.5 Å². The van der Waals surface area contributed by atoms with Crippen molar-refractivity contribution in [1.29, 1.82) is 0 Å². The maximum atomic E-state index is 6.04. The van der Waals surface area contributed by atoms with E-state index in [2.05, 4.69) is 22.2 Å². The molecule has 0 aliphatic carbocycles. The Bertz CT molecular complexity index is 444. The number of nitrogens with zero attached hydrogens (tertiary/aromatic N) is 2. The van der Waals surface area contributed by atoms with Crippen LogP contribution in [0.4, 0.5) is 5.82 Å². The molecule has 1 atom stereocenters. The maximum absolute atomic E-state index is 6.04. The van der Waals surface area contributed by atoms with Gasteiger partial charge in [-0.15, -0.1) is 11.3 Å². The summed E-state index contributed by atoms with van der Waals surface area (Å²) >= 11 is 7.68. The highest BCUT2D eigenvalue weighted by Crippen LogP contribution is 2.26. The molecule has 3 nitrogen and oxygen atoms in total. The summed E-state index contributed by atoms with van der Waals surface area (Å²) in [5, 5.41) is 6.97. The summed E-state index contributed by atoms with van der Waals surface area (Å²) in [5.74, 6) is 0.714. The summed E-state index contributed by atoms with van der Waals surface area (Å²) in [5.41, 5.74) is 0. The standard InChI is InChI=1S/C11H12ClN3S/c1-2-9(11-14-6-7-16-11)15-10-8(12)4-3-5-13-10/h3-7,9H,2H2,1H3,(H,13,15). The fourth-order valence-electron chi connectivity index (χ4n) is 1.40. The predicted octanol–water partition coefficient (Wildman–Crippen LogP) is 3.75. The number of hydrogen-bond donors (Lipinski definition) is 1. The van der Waals surface area contributed by atoms with E-state index in [0.717, 1.165) is 11.4 Å². The van der Waals surface area contributed by atoms with E-state index < -0.39 is 0 Å². The molecule has 1 N–H and O–H groups in total. The van der Waals surface area contributed by atoms with Gasteiger partial charge in [0.05, 0.1) is 11.1 Å². The second-order valence-corrected chi connectivity index (χ2v) is 4.64. The number of halogens is 1. The van der Waals surface area contributed by atoms with E-state index in [1.165, 1.54) is 0 Å². The van der Waals surface area contributed by atoms with Crippen LogP contribution in [-0.2, 0) is 0 Å². The highest BCUT2D eigenvalue weighted by Gasteiger charge is 2.13. The second kappa shape index (κ2) is 5.27. The molecule has 84 valence electrons. The van der Waals surface area contributed by atoms with Crippen LogP contribution in [-0.4, -0.2) is 9.97 Å². The fraction of sp³-hybridized carbons (Fsp3) is 0.273. The first-order valence-corrected chi connectivity index (χ1v) is 6.33. The summed E-state index contributed by atoms with van der Waals surface area (Å²) in [6, 6.07) is 3.82. The van der Waals surface area contributed by atoms with Gasteiger partial charge >= 0.3 is 0 Å². The molecular formula is C11H12ClN3S. The lowest BCUT2D eigenvalue weighted by Gasteiger charge is -2.15. The highest BCUT2D eigenvalue weighted by molar-refractivity contribution is 7.09. The Balaban J connectivity index is 2.17. The minimum absolute atomic E-state index is 0.174. The van der Waals surface area contributed by atoms with Crippen molar-refractivity contribution in [3.05, 3.63) is 39.9 Å². The number of rotatable bonds is 4. The zero-order chi connectivity index (χ0) is 11.4. The fourth-order valence-corrected chi connectivity index (χ4v) is 2.35. The van der Waals surface area contributed by atoms with Crippen molar-refractivity contribution in [2.24, 2.45) is 0 Å². The molecule has 2 heterocycles. The van der Waals surface area contributed by atoms with Crippen molar-refractivity contribution >= 4 is 28.8 Å². The molecule has 2 aromatic rings. The third-order valence-corrected chi connectivity index (χ3v) is 3.42. The zero-order valence-corrected chi connectivity index (χ0v) is 10.4. The molecule has 1 unspecified atom stereocenters. The van der Waals surface area contributed by atoms with Gasteiger partial charge < -0.3 is 5.32 Å². The molecule has 0 saturated heterocycles. The highest BCUT2D eigenvalue weighted by atomic mass is 35.5. The lowest BCUT2D eigenvalue weighted by Crippen LogP contribution is -2.10. The van der Waals surface area contributed by atoms with Gasteiger partial charge in [-0.3, -0.25) is 0 Å². The molecule has 16 heavy (non-hydrogen) atoms. The molecule has 0 saturated carbocycles. The molecule has 0 aromatic carbocycles. The van der Waals surface area contributed by atoms with Crippen molar-refractivity contribution in [2.45, 2.75) is 19.4 Å². The summed E-state index contributed by atoms with van der Waals surface area (Å²) < 4.78 is 0. The Kier molecular flexibility index (Phi) is 3.74. The second-order valence-electron chi connectivity index (χ2n) is 3.31. The zero-order valence-electron chi connectivity index (χ0n) is 8.85. The van der Waals surface area contributed by atoms with Crippen molar-refractivity contribution in [1.82, 2.24) is 9.97 Å². The lowest BCUT2D eigenvalue weighted by molar-refractivity contribution is 0.737. The molecule has 0 amide bonds. The molecule has 0 radical (unpaired) electrons. The maximum Gasteiger partial charge on any atom is 0.145 e. The molecule has 0 bridgehead atoms. The van der Waals surface area contributed by atoms with E-state index in [0.29, 0.717) is 10.8 Å². The Labute approximate surface area is 104 Å². The van der Waals surface area contributed by atoms with Gasteiger partial charge in [0.1, 0.15) is 10.8 Å². The van der Waals surface area contributed by atoms with E-state index >= 15 is 0 Å². The molecule has 2 rings (SSSR count). The van der Waals surface area contributed by atoms with Crippen LogP contribution in [0, 0.1) is 0 Å². The summed E-state index contributed by atoms with van der Waals surface area (Å²) in [6.07, 6.45) is 4.48. The quantitative estimate of drug-likeness (QED) is 0.902. The number of anilines is 1. The number of nitrogens with one attached hydrogen (secondary N) is 1. The third-order valence-electron chi connectivity index (χ3n) is 2.23. The number of thiazole rings is 1. The first-order chi connectivity index (χ1) is 7.81. The van der Waals surface area contributed by atoms with Crippen LogP contribution in [0.5, 0.6) is 0 Å². The first-order valence-electron chi connectivity index (χ1n) is 5.07. The number of pyridine rings is 1. The van der Waals surface area contributed by atoms with Gasteiger partial charge in [-0.25, -0.2) is 9.97 Å². The van der Waals surface area contributed by atoms with Gasteiger partial charge in [0, 0.05) is 17.8 Å². The molecule has 2 aromatic heterocycles. The van der Waals surface area contributed by atoms with Crippen molar-refractivity contribution in [3.8, 4) is 0 Å². The molecule has 0 fully saturated rings. The SMILES string of the molecule is CCC(Nc1ncccc1Cl)c1nccs1. The average molecular weight is 254 g/mol. The summed E-state index contributed by atoms with van der Waals surface area (Å²) in [7, 11) is 0. The monoisotopic (exact) mass is 253 g/mol. The van der Waals surface area contributed by atoms with Gasteiger partial charge in [0.25, 0.3) is 0 Å². The molecule has 0 aliphatic heterocycles. The Morgan fingerprint density at radius 1 is 1.44 bits per heavy atom. The number of aromatic nitrogens is 2. The molecule has 5 heteroatoms. The Morgan fingerprint density at radius 2 is 2.31 bits per heavy atom. The van der Waals surface area contributed by atoms with E-state index in [-0.39, 0.29) is 6.04 Å². The van der Waals surface area contributed by atoms with Gasteiger partial charge in [0.15, 0.2) is 0 Å². The van der Waals surface area contributed by atoms with Gasteiger partial charge in [-0.05, 0) is 18.6 Å². The van der Waals surface area contributed by atoms with Crippen LogP contribution in [0.2, 0.25) is 5.02 Å². The van der Waals surface area contributed by atoms with Crippen LogP contribution in [0.25, 0.3) is 0 Å². The van der Waals surface area contributed by atoms with E-state index in [1.807, 2.05) is 23.7 Å². The molecule has 0 spiro atoms. The Hall–Kier alpha value is -1.13. The average Bonchev–Trinajstić information content (AvgIpc) is 2.81. The summed E-state index contributed by atoms with van der Waals surface area (Å²) in [6.45, 7) is 2.11. The van der Waals surface area contributed by atoms with Crippen LogP contribution in [0.15, 0.2) is 29.9 Å². The van der Waals surface area contributed by atoms with Crippen LogP contribution < -0.4 is 5.32 Å². The van der Waals surface area contributed by atoms with E-state index in [4.69, 9.17) is 11.6 Å². The molecular weight excluding hydrogens is 242 g/mol. The van der Waals surface area contributed by atoms with E-state index in [9.17, 15) is 0 Å². The van der Waals surface area contributed by atoms with Crippen LogP contribution in [0.3, 0.4) is 0 Å². The topological polar surface area (TPSA) is 37.8 Å². The minimum Gasteiger partial charge on any atom is -0.360 e. The van der Waals surface area contributed by atoms with Crippen molar-refractivity contribution in [2.75, 3.05) is 5.32 Å². The minimum atomic E-state index is 0.174. The lowest BCUT2D eigenvalue weighted by atomic mass is 10.2.